The molecule has 0 saturated carbocycles. The zero-order valence-corrected chi connectivity index (χ0v) is 18.0. The summed E-state index contributed by atoms with van der Waals surface area (Å²) in [6, 6.07) is 26.0. The number of benzene rings is 3. The van der Waals surface area contributed by atoms with E-state index in [9.17, 15) is 0 Å². The van der Waals surface area contributed by atoms with Gasteiger partial charge < -0.3 is 0 Å². The molecule has 2 aromatic heterocycles. The number of para-hydroxylation sites is 1. The molecule has 6 rings (SSSR count). The summed E-state index contributed by atoms with van der Waals surface area (Å²) in [5.74, 6) is 4.97. The van der Waals surface area contributed by atoms with Crippen LogP contribution in [-0.2, 0) is 0 Å². The topological polar surface area (TPSA) is 26.0 Å². The number of hydrogen-bond donors (Lipinski definition) is 0. The van der Waals surface area contributed by atoms with Gasteiger partial charge in [0.15, 0.2) is 0 Å². The monoisotopic (exact) mass is 423 g/mol. The molecule has 3 heterocycles. The summed E-state index contributed by atoms with van der Waals surface area (Å²) in [5.41, 5.74) is 6.74. The number of furan rings is 1. The number of fused-ring (bicyclic) bond motifs is 6. The van der Waals surface area contributed by atoms with Crippen LogP contribution in [0.5, 0.6) is 0 Å². The minimum atomic E-state index is -2.28. The molecular weight excluding hydrogens is 403 g/mol. The molecule has 0 aliphatic carbocycles. The Morgan fingerprint density at radius 2 is 1.54 bits per heavy atom. The molecule has 3 heteroatoms. The number of pyridine rings is 1. The van der Waals surface area contributed by atoms with Crippen LogP contribution in [0.25, 0.3) is 44.3 Å². The van der Waals surface area contributed by atoms with Crippen LogP contribution >= 0.6 is 0 Å². The molecule has 0 saturated heterocycles. The van der Waals surface area contributed by atoms with E-state index in [1.165, 1.54) is 20.9 Å². The quantitative estimate of drug-likeness (QED) is 0.336. The standard InChI is InChI=1S/C25H19GeNO/c1-26(2)21-11-4-3-8-16(21)19-14-20-17-9-7-10-18(23-12-5-6-13-27-23)25(17)28-24(20)15-22(19)26/h3-15H,1-2H3. The van der Waals surface area contributed by atoms with Crippen LogP contribution in [0, 0.1) is 0 Å². The minimum absolute atomic E-state index is 0.929. The van der Waals surface area contributed by atoms with Crippen LogP contribution < -0.4 is 8.79 Å². The van der Waals surface area contributed by atoms with E-state index in [2.05, 4.69) is 71.1 Å². The SMILES string of the molecule is [CH3][Ge]1([CH3])[c]2ccccc2-c2cc3c(c[c]21)oc1c(-c2ccccn2)cccc13. The molecule has 0 fully saturated rings. The van der Waals surface area contributed by atoms with Gasteiger partial charge in [0.25, 0.3) is 0 Å². The maximum absolute atomic E-state index is 6.45. The second-order valence-corrected chi connectivity index (χ2v) is 17.1. The molecule has 0 atom stereocenters. The third kappa shape index (κ3) is 2.07. The van der Waals surface area contributed by atoms with Crippen LogP contribution in [0.3, 0.4) is 0 Å². The Labute approximate surface area is 166 Å². The molecular formula is C25H19GeNO. The van der Waals surface area contributed by atoms with E-state index in [0.29, 0.717) is 0 Å². The first-order valence-electron chi connectivity index (χ1n) is 9.65. The van der Waals surface area contributed by atoms with Crippen molar-refractivity contribution >= 4 is 44.0 Å². The van der Waals surface area contributed by atoms with Crippen LogP contribution in [0.2, 0.25) is 11.5 Å². The Morgan fingerprint density at radius 1 is 0.714 bits per heavy atom. The fourth-order valence-electron chi connectivity index (χ4n) is 4.72. The summed E-state index contributed by atoms with van der Waals surface area (Å²) >= 11 is -2.28. The maximum atomic E-state index is 6.45. The Hall–Kier alpha value is -2.85. The van der Waals surface area contributed by atoms with Gasteiger partial charge in [0.1, 0.15) is 0 Å². The first-order valence-corrected chi connectivity index (χ1v) is 15.9. The van der Waals surface area contributed by atoms with Crippen molar-refractivity contribution in [2.45, 2.75) is 11.5 Å². The van der Waals surface area contributed by atoms with Crippen molar-refractivity contribution in [2.24, 2.45) is 0 Å². The molecule has 1 aliphatic rings. The summed E-state index contributed by atoms with van der Waals surface area (Å²) in [6.45, 7) is 0. The van der Waals surface area contributed by atoms with Gasteiger partial charge in [-0.2, -0.15) is 0 Å². The first-order chi connectivity index (χ1) is 13.6. The Bertz CT molecular complexity index is 1380. The second-order valence-electron chi connectivity index (χ2n) is 8.06. The number of nitrogens with zero attached hydrogens (tertiary/aromatic N) is 1. The normalized spacial score (nSPS) is 14.4. The second kappa shape index (κ2) is 5.58. The summed E-state index contributed by atoms with van der Waals surface area (Å²) in [4.78, 5) is 4.53. The molecule has 0 radical (unpaired) electrons. The predicted octanol–water partition coefficient (Wildman–Crippen LogP) is 5.45. The number of aromatic nitrogens is 1. The van der Waals surface area contributed by atoms with Crippen molar-refractivity contribution in [3.8, 4) is 22.4 Å². The van der Waals surface area contributed by atoms with Crippen molar-refractivity contribution in [3.05, 3.63) is 79.0 Å². The van der Waals surface area contributed by atoms with Crippen LogP contribution in [0.15, 0.2) is 83.4 Å². The van der Waals surface area contributed by atoms with E-state index < -0.39 is 13.3 Å². The number of rotatable bonds is 1. The summed E-state index contributed by atoms with van der Waals surface area (Å²) < 4.78 is 9.54. The first kappa shape index (κ1) is 16.1. The van der Waals surface area contributed by atoms with Gasteiger partial charge in [0.2, 0.25) is 0 Å². The average Bonchev–Trinajstić information content (AvgIpc) is 3.21. The molecule has 5 aromatic rings. The molecule has 1 aliphatic heterocycles. The Kier molecular flexibility index (Phi) is 3.22. The van der Waals surface area contributed by atoms with E-state index in [1.807, 2.05) is 24.4 Å². The zero-order valence-electron chi connectivity index (χ0n) is 15.9. The van der Waals surface area contributed by atoms with E-state index in [1.54, 1.807) is 4.40 Å². The van der Waals surface area contributed by atoms with Gasteiger partial charge in [-0.15, -0.1) is 0 Å². The van der Waals surface area contributed by atoms with Crippen LogP contribution in [0.1, 0.15) is 0 Å². The Morgan fingerprint density at radius 3 is 2.39 bits per heavy atom. The molecule has 3 aromatic carbocycles. The summed E-state index contributed by atoms with van der Waals surface area (Å²) in [5, 5.41) is 2.36. The molecule has 134 valence electrons. The van der Waals surface area contributed by atoms with Crippen molar-refractivity contribution in [1.82, 2.24) is 4.98 Å². The third-order valence-electron chi connectivity index (χ3n) is 6.14. The van der Waals surface area contributed by atoms with E-state index in [0.717, 1.165) is 27.8 Å². The summed E-state index contributed by atoms with van der Waals surface area (Å²) in [6.07, 6.45) is 1.83. The fraction of sp³-hybridized carbons (Fsp3) is 0.0800. The van der Waals surface area contributed by atoms with Crippen molar-refractivity contribution in [3.63, 3.8) is 0 Å². The van der Waals surface area contributed by atoms with Gasteiger partial charge in [-0.1, -0.05) is 0 Å². The van der Waals surface area contributed by atoms with E-state index >= 15 is 0 Å². The van der Waals surface area contributed by atoms with Gasteiger partial charge in [0.05, 0.1) is 0 Å². The zero-order chi connectivity index (χ0) is 18.9. The molecule has 0 unspecified atom stereocenters. The average molecular weight is 422 g/mol. The third-order valence-corrected chi connectivity index (χ3v) is 13.6. The fourth-order valence-corrected chi connectivity index (χ4v) is 11.1. The molecule has 0 bridgehead atoms. The Balaban J connectivity index is 1.69. The molecule has 28 heavy (non-hydrogen) atoms. The van der Waals surface area contributed by atoms with Gasteiger partial charge in [-0.05, 0) is 0 Å². The van der Waals surface area contributed by atoms with Gasteiger partial charge in [0, 0.05) is 0 Å². The number of hydrogen-bond acceptors (Lipinski definition) is 2. The van der Waals surface area contributed by atoms with Crippen molar-refractivity contribution < 1.29 is 4.42 Å². The summed E-state index contributed by atoms with van der Waals surface area (Å²) in [7, 11) is 0. The van der Waals surface area contributed by atoms with Crippen molar-refractivity contribution in [2.75, 3.05) is 0 Å². The molecule has 2 nitrogen and oxygen atoms in total. The molecule has 0 spiro atoms. The van der Waals surface area contributed by atoms with Crippen molar-refractivity contribution in [1.29, 1.82) is 0 Å². The van der Waals surface area contributed by atoms with Crippen LogP contribution in [0.4, 0.5) is 0 Å². The van der Waals surface area contributed by atoms with Gasteiger partial charge >= 0.3 is 166 Å². The molecule has 0 N–H and O–H groups in total. The predicted molar refractivity (Wildman–Crippen MR) is 119 cm³/mol. The van der Waals surface area contributed by atoms with E-state index in [4.69, 9.17) is 4.42 Å². The van der Waals surface area contributed by atoms with Gasteiger partial charge in [-0.25, -0.2) is 0 Å². The van der Waals surface area contributed by atoms with Crippen LogP contribution in [-0.4, -0.2) is 18.3 Å². The van der Waals surface area contributed by atoms with E-state index in [-0.39, 0.29) is 0 Å². The molecule has 0 amide bonds. The van der Waals surface area contributed by atoms with Gasteiger partial charge in [-0.3, -0.25) is 0 Å².